The molecule has 2 aromatic carbocycles. The molecule has 2 heterocycles. The van der Waals surface area contributed by atoms with E-state index in [0.717, 1.165) is 61.5 Å². The lowest BCUT2D eigenvalue weighted by atomic mass is 9.95. The largest absolute Gasteiger partial charge is 0.493 e. The van der Waals surface area contributed by atoms with E-state index < -0.39 is 5.60 Å². The van der Waals surface area contributed by atoms with Crippen molar-refractivity contribution in [3.05, 3.63) is 71.8 Å². The van der Waals surface area contributed by atoms with E-state index in [9.17, 15) is 4.39 Å². The molecule has 1 unspecified atom stereocenters. The highest BCUT2D eigenvalue weighted by molar-refractivity contribution is 5.43. The third-order valence-electron chi connectivity index (χ3n) is 6.73. The SMILES string of the molecule is COc1cc(CN2CCCC(COc3ccccc3F)(OC)CC2)ccc1OCCn1cc(C)cn1. The van der Waals surface area contributed by atoms with Crippen molar-refractivity contribution in [1.29, 1.82) is 0 Å². The summed E-state index contributed by atoms with van der Waals surface area (Å²) in [5.41, 5.74) is 1.86. The molecule has 36 heavy (non-hydrogen) atoms. The minimum atomic E-state index is -0.431. The Morgan fingerprint density at radius 3 is 2.61 bits per heavy atom. The molecule has 1 aliphatic heterocycles. The molecule has 1 aliphatic rings. The van der Waals surface area contributed by atoms with Gasteiger partial charge in [-0.1, -0.05) is 18.2 Å². The van der Waals surface area contributed by atoms with Gasteiger partial charge in [0.2, 0.25) is 0 Å². The molecule has 0 amide bonds. The number of para-hydroxylation sites is 1. The molecule has 0 radical (unpaired) electrons. The van der Waals surface area contributed by atoms with Gasteiger partial charge in [0.25, 0.3) is 0 Å². The molecule has 0 spiro atoms. The fourth-order valence-corrected chi connectivity index (χ4v) is 4.59. The highest BCUT2D eigenvalue weighted by Crippen LogP contribution is 2.31. The van der Waals surface area contributed by atoms with Gasteiger partial charge < -0.3 is 18.9 Å². The van der Waals surface area contributed by atoms with Crippen LogP contribution in [0.5, 0.6) is 17.2 Å². The summed E-state index contributed by atoms with van der Waals surface area (Å²) in [6.45, 7) is 6.15. The van der Waals surface area contributed by atoms with Crippen molar-refractivity contribution in [2.45, 2.75) is 44.9 Å². The maximum Gasteiger partial charge on any atom is 0.165 e. The zero-order valence-electron chi connectivity index (χ0n) is 21.4. The van der Waals surface area contributed by atoms with E-state index >= 15 is 0 Å². The van der Waals surface area contributed by atoms with Gasteiger partial charge in [0, 0.05) is 26.4 Å². The smallest absolute Gasteiger partial charge is 0.165 e. The Bertz CT molecular complexity index is 1120. The topological polar surface area (TPSA) is 58.0 Å². The number of aromatic nitrogens is 2. The summed E-state index contributed by atoms with van der Waals surface area (Å²) in [5, 5.41) is 4.29. The van der Waals surface area contributed by atoms with E-state index in [1.54, 1.807) is 32.4 Å². The first-order valence-electron chi connectivity index (χ1n) is 12.4. The van der Waals surface area contributed by atoms with Crippen LogP contribution >= 0.6 is 0 Å². The number of hydrogen-bond donors (Lipinski definition) is 0. The molecule has 194 valence electrons. The molecule has 0 aliphatic carbocycles. The van der Waals surface area contributed by atoms with E-state index in [1.807, 2.05) is 36.1 Å². The third-order valence-corrected chi connectivity index (χ3v) is 6.73. The average molecular weight is 498 g/mol. The predicted octanol–water partition coefficient (Wildman–Crippen LogP) is 4.87. The quantitative estimate of drug-likeness (QED) is 0.377. The number of likely N-dealkylation sites (tertiary alicyclic amines) is 1. The van der Waals surface area contributed by atoms with Crippen molar-refractivity contribution in [2.75, 3.05) is 40.5 Å². The number of ether oxygens (including phenoxy) is 4. The third kappa shape index (κ3) is 6.77. The number of methoxy groups -OCH3 is 2. The fourth-order valence-electron chi connectivity index (χ4n) is 4.59. The maximum atomic E-state index is 14.0. The van der Waals surface area contributed by atoms with Crippen LogP contribution in [0.4, 0.5) is 4.39 Å². The van der Waals surface area contributed by atoms with Gasteiger partial charge in [0.1, 0.15) is 18.8 Å². The Hall–Kier alpha value is -3.10. The van der Waals surface area contributed by atoms with Gasteiger partial charge in [-0.2, -0.15) is 5.10 Å². The van der Waals surface area contributed by atoms with Gasteiger partial charge in [0.05, 0.1) is 19.9 Å². The van der Waals surface area contributed by atoms with E-state index in [-0.39, 0.29) is 11.6 Å². The molecule has 1 fully saturated rings. The first-order valence-corrected chi connectivity index (χ1v) is 12.4. The predicted molar refractivity (Wildman–Crippen MR) is 136 cm³/mol. The molecule has 0 saturated carbocycles. The standard InChI is InChI=1S/C28H36FN3O4/c1-22-18-30-32(19-22)15-16-35-26-10-9-23(17-27(26)33-2)20-31-13-6-11-28(34-3,12-14-31)21-36-25-8-5-4-7-24(25)29/h4-5,7-10,17-19H,6,11-16,20-21H2,1-3H3. The minimum absolute atomic E-state index is 0.268. The van der Waals surface area contributed by atoms with Crippen molar-refractivity contribution in [3.63, 3.8) is 0 Å². The number of benzene rings is 2. The average Bonchev–Trinajstić information content (AvgIpc) is 3.20. The van der Waals surface area contributed by atoms with E-state index in [0.29, 0.717) is 19.8 Å². The molecular formula is C28H36FN3O4. The molecule has 1 atom stereocenters. The number of rotatable bonds is 11. The van der Waals surface area contributed by atoms with Crippen LogP contribution in [-0.2, 0) is 17.8 Å². The Morgan fingerprint density at radius 1 is 1.00 bits per heavy atom. The highest BCUT2D eigenvalue weighted by atomic mass is 19.1. The lowest BCUT2D eigenvalue weighted by molar-refractivity contribution is -0.0548. The van der Waals surface area contributed by atoms with Crippen molar-refractivity contribution in [3.8, 4) is 17.2 Å². The molecule has 0 N–H and O–H groups in total. The molecule has 8 heteroatoms. The normalized spacial score (nSPS) is 18.6. The number of halogens is 1. The lowest BCUT2D eigenvalue weighted by Gasteiger charge is -2.31. The molecule has 3 aromatic rings. The van der Waals surface area contributed by atoms with Crippen LogP contribution in [0.1, 0.15) is 30.4 Å². The van der Waals surface area contributed by atoms with Crippen LogP contribution < -0.4 is 14.2 Å². The lowest BCUT2D eigenvalue weighted by Crippen LogP contribution is -2.39. The summed E-state index contributed by atoms with van der Waals surface area (Å²) < 4.78 is 39.2. The van der Waals surface area contributed by atoms with Gasteiger partial charge in [0.15, 0.2) is 23.1 Å². The summed E-state index contributed by atoms with van der Waals surface area (Å²) >= 11 is 0. The highest BCUT2D eigenvalue weighted by Gasteiger charge is 2.34. The van der Waals surface area contributed by atoms with Crippen molar-refractivity contribution in [1.82, 2.24) is 14.7 Å². The second-order valence-electron chi connectivity index (χ2n) is 9.35. The number of nitrogens with zero attached hydrogens (tertiary/aromatic N) is 3. The van der Waals surface area contributed by atoms with Gasteiger partial charge in [-0.05, 0) is 68.1 Å². The minimum Gasteiger partial charge on any atom is -0.493 e. The van der Waals surface area contributed by atoms with Crippen LogP contribution in [0, 0.1) is 12.7 Å². The van der Waals surface area contributed by atoms with E-state index in [1.165, 1.54) is 6.07 Å². The number of hydrogen-bond acceptors (Lipinski definition) is 6. The molecule has 1 aromatic heterocycles. The summed E-state index contributed by atoms with van der Waals surface area (Å²) in [7, 11) is 3.38. The molecule has 1 saturated heterocycles. The summed E-state index contributed by atoms with van der Waals surface area (Å²) in [4.78, 5) is 2.42. The van der Waals surface area contributed by atoms with Crippen LogP contribution in [0.25, 0.3) is 0 Å². The van der Waals surface area contributed by atoms with Gasteiger partial charge in [-0.25, -0.2) is 4.39 Å². The summed E-state index contributed by atoms with van der Waals surface area (Å²) in [6.07, 6.45) is 6.48. The van der Waals surface area contributed by atoms with Crippen molar-refractivity contribution in [2.24, 2.45) is 0 Å². The van der Waals surface area contributed by atoms with Crippen LogP contribution in [0.2, 0.25) is 0 Å². The van der Waals surface area contributed by atoms with Crippen LogP contribution in [0.3, 0.4) is 0 Å². The Balaban J connectivity index is 1.31. The molecule has 4 rings (SSSR count). The second-order valence-corrected chi connectivity index (χ2v) is 9.35. The van der Waals surface area contributed by atoms with Gasteiger partial charge in [-0.3, -0.25) is 9.58 Å². The Kier molecular flexibility index (Phi) is 8.83. The molecular weight excluding hydrogens is 461 g/mol. The zero-order valence-corrected chi connectivity index (χ0v) is 21.4. The van der Waals surface area contributed by atoms with Crippen molar-refractivity contribution >= 4 is 0 Å². The van der Waals surface area contributed by atoms with Crippen LogP contribution in [0.15, 0.2) is 54.9 Å². The maximum absolute atomic E-state index is 14.0. The molecule has 0 bridgehead atoms. The van der Waals surface area contributed by atoms with Gasteiger partial charge in [-0.15, -0.1) is 0 Å². The van der Waals surface area contributed by atoms with Gasteiger partial charge >= 0.3 is 0 Å². The second kappa shape index (κ2) is 12.2. The first-order chi connectivity index (χ1) is 17.5. The Labute approximate surface area is 212 Å². The summed E-state index contributed by atoms with van der Waals surface area (Å²) in [6, 6.07) is 12.6. The fraction of sp³-hybridized carbons (Fsp3) is 0.464. The van der Waals surface area contributed by atoms with Crippen molar-refractivity contribution < 1.29 is 23.3 Å². The molecule has 7 nitrogen and oxygen atoms in total. The zero-order chi connectivity index (χ0) is 25.4. The number of aryl methyl sites for hydroxylation is 1. The van der Waals surface area contributed by atoms with E-state index in [2.05, 4.69) is 16.1 Å². The first kappa shape index (κ1) is 26.0. The van der Waals surface area contributed by atoms with Crippen LogP contribution in [-0.4, -0.2) is 60.8 Å². The monoisotopic (exact) mass is 497 g/mol. The van der Waals surface area contributed by atoms with E-state index in [4.69, 9.17) is 18.9 Å². The Morgan fingerprint density at radius 2 is 1.86 bits per heavy atom. The summed E-state index contributed by atoms with van der Waals surface area (Å²) in [5.74, 6) is 1.37.